The van der Waals surface area contributed by atoms with Crippen LogP contribution in [0.2, 0.25) is 0 Å². The van der Waals surface area contributed by atoms with Gasteiger partial charge in [0.25, 0.3) is 5.91 Å². The number of benzene rings is 2. The number of anilines is 1. The summed E-state index contributed by atoms with van der Waals surface area (Å²) in [6, 6.07) is 14.7. The largest absolute Gasteiger partial charge is 0.436 e. The molecule has 0 atom stereocenters. The molecule has 4 aromatic rings. The smallest absolute Gasteiger partial charge is 0.277 e. The van der Waals surface area contributed by atoms with Crippen LogP contribution in [-0.4, -0.2) is 16.0 Å². The first-order chi connectivity index (χ1) is 11.7. The van der Waals surface area contributed by atoms with E-state index in [1.807, 2.05) is 43.3 Å². The summed E-state index contributed by atoms with van der Waals surface area (Å²) in [6.45, 7) is 1.94. The molecule has 2 aromatic carbocycles. The van der Waals surface area contributed by atoms with Crippen molar-refractivity contribution in [1.82, 2.24) is 10.1 Å². The number of nitrogens with zero attached hydrogens (tertiary/aromatic N) is 2. The van der Waals surface area contributed by atoms with Crippen molar-refractivity contribution in [3.63, 3.8) is 0 Å². The Kier molecular flexibility index (Phi) is 3.35. The van der Waals surface area contributed by atoms with Gasteiger partial charge in [-0.05, 0) is 42.8 Å². The Morgan fingerprint density at radius 3 is 2.75 bits per heavy atom. The maximum Gasteiger partial charge on any atom is 0.277 e. The summed E-state index contributed by atoms with van der Waals surface area (Å²) >= 11 is 0. The number of carbonyl (C=O) groups excluding carboxylic acids is 1. The van der Waals surface area contributed by atoms with Crippen molar-refractivity contribution in [3.8, 4) is 11.5 Å². The van der Waals surface area contributed by atoms with Crippen LogP contribution in [-0.2, 0) is 0 Å². The van der Waals surface area contributed by atoms with E-state index >= 15 is 0 Å². The van der Waals surface area contributed by atoms with Crippen LogP contribution in [0.1, 0.15) is 16.1 Å². The Morgan fingerprint density at radius 1 is 1.12 bits per heavy atom. The molecule has 0 radical (unpaired) electrons. The Hall–Kier alpha value is -3.41. The Labute approximate surface area is 137 Å². The summed E-state index contributed by atoms with van der Waals surface area (Å²) in [4.78, 5) is 16.5. The highest BCUT2D eigenvalue weighted by Crippen LogP contribution is 2.28. The fourth-order valence-electron chi connectivity index (χ4n) is 2.49. The number of aryl methyl sites for hydroxylation is 1. The van der Waals surface area contributed by atoms with Crippen LogP contribution in [0.15, 0.2) is 63.7 Å². The Balaban J connectivity index is 1.63. The van der Waals surface area contributed by atoms with Gasteiger partial charge in [-0.1, -0.05) is 17.3 Å². The van der Waals surface area contributed by atoms with Gasteiger partial charge in [-0.15, -0.1) is 0 Å². The quantitative estimate of drug-likeness (QED) is 0.616. The van der Waals surface area contributed by atoms with Gasteiger partial charge < -0.3 is 14.3 Å². The molecular formula is C18H13N3O3. The number of hydrogen-bond donors (Lipinski definition) is 1. The normalized spacial score (nSPS) is 10.9. The van der Waals surface area contributed by atoms with Crippen molar-refractivity contribution in [2.75, 3.05) is 5.32 Å². The first kappa shape index (κ1) is 14.2. The molecule has 4 rings (SSSR count). The summed E-state index contributed by atoms with van der Waals surface area (Å²) in [5, 5.41) is 6.39. The molecule has 0 fully saturated rings. The highest BCUT2D eigenvalue weighted by Gasteiger charge is 2.13. The van der Waals surface area contributed by atoms with Crippen molar-refractivity contribution in [1.29, 1.82) is 0 Å². The Morgan fingerprint density at radius 2 is 2.00 bits per heavy atom. The van der Waals surface area contributed by atoms with Crippen LogP contribution >= 0.6 is 0 Å². The van der Waals surface area contributed by atoms with Crippen LogP contribution in [0.5, 0.6) is 0 Å². The number of fused-ring (bicyclic) bond motifs is 1. The molecule has 0 aliphatic rings. The summed E-state index contributed by atoms with van der Waals surface area (Å²) in [7, 11) is 0. The summed E-state index contributed by atoms with van der Waals surface area (Å²) < 4.78 is 10.5. The molecule has 0 saturated heterocycles. The fraction of sp³-hybridized carbons (Fsp3) is 0.0556. The molecule has 2 aromatic heterocycles. The lowest BCUT2D eigenvalue weighted by Gasteiger charge is -2.07. The molecule has 0 aliphatic heterocycles. The van der Waals surface area contributed by atoms with E-state index in [1.54, 1.807) is 6.07 Å². The molecule has 6 heteroatoms. The van der Waals surface area contributed by atoms with Crippen LogP contribution in [0.3, 0.4) is 0 Å². The van der Waals surface area contributed by atoms with E-state index in [1.165, 1.54) is 12.3 Å². The lowest BCUT2D eigenvalue weighted by Crippen LogP contribution is -2.12. The van der Waals surface area contributed by atoms with E-state index in [0.717, 1.165) is 22.2 Å². The minimum Gasteiger partial charge on any atom is -0.436 e. The number of amides is 1. The van der Waals surface area contributed by atoms with Crippen molar-refractivity contribution >= 4 is 22.7 Å². The number of aromatic nitrogens is 2. The van der Waals surface area contributed by atoms with E-state index in [2.05, 4.69) is 20.0 Å². The summed E-state index contributed by atoms with van der Waals surface area (Å²) in [5.74, 6) is 0.237. The predicted octanol–water partition coefficient (Wildman–Crippen LogP) is 4.04. The van der Waals surface area contributed by atoms with Gasteiger partial charge in [0.1, 0.15) is 11.8 Å². The van der Waals surface area contributed by atoms with E-state index in [-0.39, 0.29) is 11.6 Å². The minimum atomic E-state index is -0.322. The molecule has 0 bridgehead atoms. The van der Waals surface area contributed by atoms with Gasteiger partial charge in [0.2, 0.25) is 5.89 Å². The van der Waals surface area contributed by atoms with Gasteiger partial charge in [0, 0.05) is 17.3 Å². The highest BCUT2D eigenvalue weighted by molar-refractivity contribution is 6.02. The van der Waals surface area contributed by atoms with E-state index in [4.69, 9.17) is 4.42 Å². The van der Waals surface area contributed by atoms with Crippen molar-refractivity contribution < 1.29 is 13.7 Å². The van der Waals surface area contributed by atoms with E-state index in [0.29, 0.717) is 11.6 Å². The second-order valence-corrected chi connectivity index (χ2v) is 5.36. The molecule has 24 heavy (non-hydrogen) atoms. The van der Waals surface area contributed by atoms with Gasteiger partial charge in [-0.25, -0.2) is 4.98 Å². The van der Waals surface area contributed by atoms with Crippen molar-refractivity contribution in [2.45, 2.75) is 6.92 Å². The monoisotopic (exact) mass is 319 g/mol. The predicted molar refractivity (Wildman–Crippen MR) is 88.6 cm³/mol. The molecule has 2 heterocycles. The van der Waals surface area contributed by atoms with Crippen LogP contribution in [0.4, 0.5) is 5.69 Å². The summed E-state index contributed by atoms with van der Waals surface area (Å²) in [6.07, 6.45) is 1.36. The molecule has 1 N–H and O–H groups in total. The van der Waals surface area contributed by atoms with E-state index in [9.17, 15) is 4.79 Å². The topological polar surface area (TPSA) is 81.2 Å². The third-order valence-corrected chi connectivity index (χ3v) is 3.68. The highest BCUT2D eigenvalue weighted by atomic mass is 16.5. The van der Waals surface area contributed by atoms with Gasteiger partial charge in [0.15, 0.2) is 11.3 Å². The number of nitrogens with one attached hydrogen (secondary N) is 1. The van der Waals surface area contributed by atoms with Crippen molar-refractivity contribution in [2.24, 2.45) is 0 Å². The number of rotatable bonds is 3. The fourth-order valence-corrected chi connectivity index (χ4v) is 2.49. The second-order valence-electron chi connectivity index (χ2n) is 5.36. The number of oxazole rings is 1. The molecule has 118 valence electrons. The van der Waals surface area contributed by atoms with Crippen LogP contribution < -0.4 is 5.32 Å². The number of carbonyl (C=O) groups is 1. The lowest BCUT2D eigenvalue weighted by atomic mass is 10.1. The first-order valence-electron chi connectivity index (χ1n) is 7.39. The Bertz CT molecular complexity index is 986. The minimum absolute atomic E-state index is 0.232. The molecule has 0 spiro atoms. The zero-order valence-electron chi connectivity index (χ0n) is 12.8. The van der Waals surface area contributed by atoms with Gasteiger partial charge in [-0.3, -0.25) is 4.79 Å². The summed E-state index contributed by atoms with van der Waals surface area (Å²) in [5.41, 5.74) is 4.28. The van der Waals surface area contributed by atoms with Gasteiger partial charge in [-0.2, -0.15) is 0 Å². The molecule has 0 saturated carbocycles. The van der Waals surface area contributed by atoms with Gasteiger partial charge in [0.05, 0.1) is 0 Å². The molecular weight excluding hydrogens is 306 g/mol. The molecule has 6 nitrogen and oxygen atoms in total. The standard InChI is InChI=1S/C18H13N3O3/c1-11-10-12(19-17(22)15-8-9-23-21-15)6-7-13(11)18-20-14-4-2-3-5-16(14)24-18/h2-10H,1H3,(H,19,22). The van der Waals surface area contributed by atoms with Crippen LogP contribution in [0.25, 0.3) is 22.6 Å². The third-order valence-electron chi connectivity index (χ3n) is 3.68. The molecule has 1 amide bonds. The SMILES string of the molecule is Cc1cc(NC(=O)c2ccon2)ccc1-c1nc2ccccc2o1. The maximum atomic E-state index is 12.0. The van der Waals surface area contributed by atoms with Crippen molar-refractivity contribution in [3.05, 3.63) is 66.1 Å². The molecule has 0 unspecified atom stereocenters. The number of para-hydroxylation sites is 2. The zero-order valence-corrected chi connectivity index (χ0v) is 12.8. The average Bonchev–Trinajstić information content (AvgIpc) is 3.24. The first-order valence-corrected chi connectivity index (χ1v) is 7.39. The van der Waals surface area contributed by atoms with Gasteiger partial charge >= 0.3 is 0 Å². The lowest BCUT2D eigenvalue weighted by molar-refractivity contribution is 0.101. The average molecular weight is 319 g/mol. The maximum absolute atomic E-state index is 12.0. The zero-order chi connectivity index (χ0) is 16.5. The van der Waals surface area contributed by atoms with Crippen LogP contribution in [0, 0.1) is 6.92 Å². The number of hydrogen-bond acceptors (Lipinski definition) is 5. The second kappa shape index (κ2) is 5.66. The van der Waals surface area contributed by atoms with E-state index < -0.39 is 0 Å². The third kappa shape index (κ3) is 2.54. The molecule has 0 aliphatic carbocycles.